The fraction of sp³-hybridized carbons (Fsp3) is 0.696. The van der Waals surface area contributed by atoms with E-state index in [0.717, 1.165) is 154 Å². The molecule has 98 heavy (non-hydrogen) atoms. The van der Waals surface area contributed by atoms with Crippen LogP contribution in [0.15, 0.2) is 122 Å². The Morgan fingerprint density at radius 3 is 0.888 bits per heavy atom. The maximum absolute atomic E-state index is 13.1. The Hall–Kier alpha value is -4.54. The molecule has 3 N–H and O–H groups in total. The first-order chi connectivity index (χ1) is 47.7. The van der Waals surface area contributed by atoms with Crippen LogP contribution in [0.25, 0.3) is 0 Å². The number of carbonyl (C=O) groups excluding carboxylic acids is 4. The summed E-state index contributed by atoms with van der Waals surface area (Å²) in [5.41, 5.74) is 0. The lowest BCUT2D eigenvalue weighted by molar-refractivity contribution is -0.161. The van der Waals surface area contributed by atoms with Gasteiger partial charge in [0.05, 0.1) is 26.4 Å². The summed E-state index contributed by atoms with van der Waals surface area (Å²) in [6.07, 6.45) is 76.3. The van der Waals surface area contributed by atoms with Gasteiger partial charge >= 0.3 is 39.5 Å². The minimum absolute atomic E-state index is 0.0740. The van der Waals surface area contributed by atoms with Crippen LogP contribution in [-0.4, -0.2) is 96.7 Å². The van der Waals surface area contributed by atoms with Gasteiger partial charge in [-0.2, -0.15) is 0 Å². The number of aliphatic hydroxyl groups excluding tert-OH is 1. The number of phosphoric ester groups is 2. The second-order valence-corrected chi connectivity index (χ2v) is 27.7. The first kappa shape index (κ1) is 93.5. The van der Waals surface area contributed by atoms with E-state index in [1.54, 1.807) is 0 Å². The van der Waals surface area contributed by atoms with Gasteiger partial charge in [-0.25, -0.2) is 9.13 Å². The van der Waals surface area contributed by atoms with Crippen molar-refractivity contribution in [1.82, 2.24) is 0 Å². The lowest BCUT2D eigenvalue weighted by atomic mass is 10.0. The van der Waals surface area contributed by atoms with Gasteiger partial charge in [0.15, 0.2) is 12.2 Å². The number of ether oxygens (including phenoxy) is 4. The average molecular weight is 1420 g/mol. The zero-order valence-corrected chi connectivity index (χ0v) is 63.0. The van der Waals surface area contributed by atoms with E-state index in [2.05, 4.69) is 149 Å². The van der Waals surface area contributed by atoms with Gasteiger partial charge in [-0.3, -0.25) is 37.3 Å². The summed E-state index contributed by atoms with van der Waals surface area (Å²) in [6.45, 7) is 4.51. The van der Waals surface area contributed by atoms with Crippen LogP contribution < -0.4 is 0 Å². The summed E-state index contributed by atoms with van der Waals surface area (Å²) < 4.78 is 68.3. The molecule has 0 saturated carbocycles. The molecule has 0 aliphatic rings. The molecule has 5 unspecified atom stereocenters. The van der Waals surface area contributed by atoms with Gasteiger partial charge in [-0.15, -0.1) is 0 Å². The van der Waals surface area contributed by atoms with Crippen LogP contribution in [0.1, 0.15) is 297 Å². The van der Waals surface area contributed by atoms with E-state index >= 15 is 0 Å². The highest BCUT2D eigenvalue weighted by Gasteiger charge is 2.30. The fourth-order valence-corrected chi connectivity index (χ4v) is 11.3. The van der Waals surface area contributed by atoms with E-state index in [1.165, 1.54) is 64.2 Å². The Bertz CT molecular complexity index is 2340. The molecule has 5 atom stereocenters. The van der Waals surface area contributed by atoms with Crippen molar-refractivity contribution in [3.8, 4) is 0 Å². The minimum Gasteiger partial charge on any atom is -0.462 e. The van der Waals surface area contributed by atoms with Crippen molar-refractivity contribution in [2.75, 3.05) is 39.6 Å². The number of esters is 4. The number of rotatable bonds is 70. The van der Waals surface area contributed by atoms with Crippen LogP contribution in [0.2, 0.25) is 0 Å². The molecule has 17 nitrogen and oxygen atoms in total. The fourth-order valence-electron chi connectivity index (χ4n) is 9.69. The van der Waals surface area contributed by atoms with E-state index in [1.807, 2.05) is 0 Å². The van der Waals surface area contributed by atoms with E-state index in [9.17, 15) is 43.2 Å². The number of phosphoric acid groups is 2. The molecule has 0 heterocycles. The normalized spacial score (nSPS) is 14.6. The minimum atomic E-state index is -4.98. The topological polar surface area (TPSA) is 237 Å². The van der Waals surface area contributed by atoms with Crippen molar-refractivity contribution in [3.05, 3.63) is 122 Å². The maximum atomic E-state index is 13.1. The van der Waals surface area contributed by atoms with Crippen LogP contribution in [0.4, 0.5) is 0 Å². The number of allylic oxidation sites excluding steroid dienone is 20. The van der Waals surface area contributed by atoms with Crippen molar-refractivity contribution >= 4 is 39.5 Å². The molecular formula is C79H134O17P2. The molecule has 0 aliphatic heterocycles. The van der Waals surface area contributed by atoms with E-state index in [0.29, 0.717) is 25.7 Å². The van der Waals surface area contributed by atoms with Crippen molar-refractivity contribution in [1.29, 1.82) is 0 Å². The first-order valence-electron chi connectivity index (χ1n) is 37.8. The van der Waals surface area contributed by atoms with Crippen LogP contribution in [0, 0.1) is 0 Å². The van der Waals surface area contributed by atoms with Gasteiger partial charge in [-0.05, 0) is 128 Å². The molecule has 0 fully saturated rings. The van der Waals surface area contributed by atoms with Gasteiger partial charge in [-0.1, -0.05) is 265 Å². The van der Waals surface area contributed by atoms with Crippen LogP contribution >= 0.6 is 15.6 Å². The highest BCUT2D eigenvalue weighted by Crippen LogP contribution is 2.45. The number of aliphatic hydroxyl groups is 1. The van der Waals surface area contributed by atoms with Crippen LogP contribution in [0.3, 0.4) is 0 Å². The predicted octanol–water partition coefficient (Wildman–Crippen LogP) is 21.6. The second kappa shape index (κ2) is 70.9. The lowest BCUT2D eigenvalue weighted by Gasteiger charge is -2.21. The molecule has 0 radical (unpaired) electrons. The zero-order chi connectivity index (χ0) is 71.8. The van der Waals surface area contributed by atoms with E-state index in [4.69, 9.17) is 37.0 Å². The van der Waals surface area contributed by atoms with Crippen molar-refractivity contribution in [2.24, 2.45) is 0 Å². The molecule has 19 heteroatoms. The molecule has 0 rings (SSSR count). The molecule has 0 saturated heterocycles. The van der Waals surface area contributed by atoms with Gasteiger partial charge in [0.2, 0.25) is 0 Å². The first-order valence-corrected chi connectivity index (χ1v) is 40.8. The smallest absolute Gasteiger partial charge is 0.462 e. The summed E-state index contributed by atoms with van der Waals surface area (Å²) in [5.74, 6) is -2.27. The Morgan fingerprint density at radius 1 is 0.296 bits per heavy atom. The summed E-state index contributed by atoms with van der Waals surface area (Å²) >= 11 is 0. The Labute approximate surface area is 593 Å². The van der Waals surface area contributed by atoms with Gasteiger partial charge < -0.3 is 33.8 Å². The second-order valence-electron chi connectivity index (χ2n) is 24.8. The van der Waals surface area contributed by atoms with Crippen molar-refractivity contribution < 1.29 is 80.2 Å². The third-order valence-corrected chi connectivity index (χ3v) is 17.3. The SMILES string of the molecule is CC/C=C\C/C=C\C/C=C\C/C=C\C/C=C\CCCCCC(=O)OCC(COP(=O)(O)OCC(O)COP(=O)(O)OCC(COC(=O)CCCC/C=C\C/C=C\C/C=C\C/C=C\CC)OC(=O)CCCCCCCCCCCCCCC)OC(=O)CCCCCCC/C=C\CCCC. The Kier molecular flexibility index (Phi) is 67.6. The molecule has 0 bridgehead atoms. The summed E-state index contributed by atoms with van der Waals surface area (Å²) in [5, 5.41) is 10.6. The Balaban J connectivity index is 5.37. The highest BCUT2D eigenvalue weighted by atomic mass is 31.2. The molecular weight excluding hydrogens is 1280 g/mol. The molecule has 0 aromatic heterocycles. The van der Waals surface area contributed by atoms with Gasteiger partial charge in [0.25, 0.3) is 0 Å². The number of hydrogen-bond donors (Lipinski definition) is 3. The van der Waals surface area contributed by atoms with Crippen molar-refractivity contribution in [3.63, 3.8) is 0 Å². The molecule has 562 valence electrons. The summed E-state index contributed by atoms with van der Waals surface area (Å²) in [7, 11) is -9.97. The number of hydrogen-bond acceptors (Lipinski definition) is 15. The third-order valence-electron chi connectivity index (χ3n) is 15.4. The molecule has 0 amide bonds. The van der Waals surface area contributed by atoms with Crippen LogP contribution in [-0.2, 0) is 65.4 Å². The van der Waals surface area contributed by atoms with Gasteiger partial charge in [0, 0.05) is 25.7 Å². The van der Waals surface area contributed by atoms with E-state index in [-0.39, 0.29) is 25.7 Å². The predicted molar refractivity (Wildman–Crippen MR) is 399 cm³/mol. The quantitative estimate of drug-likeness (QED) is 0.0169. The molecule has 0 aromatic carbocycles. The molecule has 0 spiro atoms. The Morgan fingerprint density at radius 2 is 0.541 bits per heavy atom. The monoisotopic (exact) mass is 1420 g/mol. The zero-order valence-electron chi connectivity index (χ0n) is 61.2. The molecule has 0 aromatic rings. The summed E-state index contributed by atoms with van der Waals surface area (Å²) in [6, 6.07) is 0. The standard InChI is InChI=1S/C79H134O17P2/c1-5-9-13-17-21-25-29-32-34-35-36-37-39-42-45-48-52-56-60-64-77(82)89-69-74(95-78(83)65-61-57-53-49-43-28-24-20-16-12-8-4)71-93-97(85,86)91-67-73(80)68-92-98(87,88)94-72-75(96-79(84)66-62-58-54-50-46-40-31-27-23-19-15-11-7-3)70-90-76(81)63-59-55-51-47-44-41-38-33-30-26-22-18-14-10-6-2/h9-10,13-14,20-22,24-26,32-34,36-38,42,44-45,47,73-75,80H,5-8,11-12,15-19,23,27-31,35,39-41,43,46,48-72H2,1-4H3,(H,85,86)(H,87,88)/b13-9-,14-10-,24-20-,25-21-,26-22-,34-32-,37-36-,38-33-,45-42-,47-44-. The van der Waals surface area contributed by atoms with Crippen LogP contribution in [0.5, 0.6) is 0 Å². The number of unbranched alkanes of at least 4 members (excludes halogenated alkanes) is 24. The average Bonchev–Trinajstić information content (AvgIpc) is 1.00. The van der Waals surface area contributed by atoms with E-state index < -0.39 is 97.5 Å². The largest absolute Gasteiger partial charge is 0.472 e. The maximum Gasteiger partial charge on any atom is 0.472 e. The van der Waals surface area contributed by atoms with Crippen molar-refractivity contribution in [2.45, 2.75) is 316 Å². The lowest BCUT2D eigenvalue weighted by Crippen LogP contribution is -2.30. The van der Waals surface area contributed by atoms with Gasteiger partial charge in [0.1, 0.15) is 19.3 Å². The number of carbonyl (C=O) groups is 4. The third kappa shape index (κ3) is 69.9. The summed E-state index contributed by atoms with van der Waals surface area (Å²) in [4.78, 5) is 72.7. The molecule has 0 aliphatic carbocycles. The highest BCUT2D eigenvalue weighted by molar-refractivity contribution is 7.47.